The van der Waals surface area contributed by atoms with Crippen molar-refractivity contribution in [2.45, 2.75) is 19.8 Å². The van der Waals surface area contributed by atoms with Crippen LogP contribution in [0.4, 0.5) is 0 Å². The largest absolute Gasteiger partial charge is 0.288 e. The Labute approximate surface area is 110 Å². The molecule has 2 aromatic rings. The van der Waals surface area contributed by atoms with E-state index in [1.54, 1.807) is 12.1 Å². The molecule has 0 unspecified atom stereocenters. The number of hydrogen-bond donors (Lipinski definition) is 0. The first-order chi connectivity index (χ1) is 8.20. The van der Waals surface area contributed by atoms with E-state index in [1.165, 1.54) is 16.9 Å². The maximum Gasteiger partial charge on any atom is 0.203 e. The first kappa shape index (κ1) is 12.3. The van der Waals surface area contributed by atoms with Gasteiger partial charge in [0.1, 0.15) is 0 Å². The number of carbonyl (C=O) groups is 1. The maximum absolute atomic E-state index is 12.2. The Hall–Kier alpha value is -1.12. The normalized spacial score (nSPS) is 10.5. The molecule has 88 valence electrons. The first-order valence-electron chi connectivity index (χ1n) is 5.59. The highest BCUT2D eigenvalue weighted by Gasteiger charge is 2.11. The molecule has 0 spiro atoms. The molecule has 0 radical (unpaired) electrons. The van der Waals surface area contributed by atoms with Crippen LogP contribution in [-0.2, 0) is 6.42 Å². The van der Waals surface area contributed by atoms with Crippen molar-refractivity contribution in [3.8, 4) is 0 Å². The van der Waals surface area contributed by atoms with E-state index in [1.807, 2.05) is 18.2 Å². The molecule has 3 heteroatoms. The van der Waals surface area contributed by atoms with Crippen LogP contribution < -0.4 is 0 Å². The van der Waals surface area contributed by atoms with Crippen molar-refractivity contribution in [2.24, 2.45) is 0 Å². The predicted molar refractivity (Wildman–Crippen MR) is 73.2 cm³/mol. The summed E-state index contributed by atoms with van der Waals surface area (Å²) >= 11 is 7.17. The van der Waals surface area contributed by atoms with Gasteiger partial charge in [-0.3, -0.25) is 4.79 Å². The fourth-order valence-electron chi connectivity index (χ4n) is 1.74. The predicted octanol–water partition coefficient (Wildman–Crippen LogP) is 4.59. The van der Waals surface area contributed by atoms with Gasteiger partial charge in [0.2, 0.25) is 5.78 Å². The molecule has 1 aromatic heterocycles. The lowest BCUT2D eigenvalue weighted by Gasteiger charge is -2.02. The van der Waals surface area contributed by atoms with Gasteiger partial charge in [-0.25, -0.2) is 0 Å². The Morgan fingerprint density at radius 1 is 1.29 bits per heavy atom. The number of ketones is 1. The molecule has 0 aliphatic carbocycles. The zero-order valence-electron chi connectivity index (χ0n) is 9.57. The minimum Gasteiger partial charge on any atom is -0.288 e. The summed E-state index contributed by atoms with van der Waals surface area (Å²) in [5, 5.41) is 0. The third kappa shape index (κ3) is 2.96. The standard InChI is InChI=1S/C14H13ClOS/c1-2-4-10-5-3-6-11(9-10)14(16)12-7-8-13(15)17-12/h3,5-9H,2,4H2,1H3. The lowest BCUT2D eigenvalue weighted by atomic mass is 10.0. The SMILES string of the molecule is CCCc1cccc(C(=O)c2ccc(Cl)s2)c1. The summed E-state index contributed by atoms with van der Waals surface area (Å²) in [6.07, 6.45) is 2.09. The summed E-state index contributed by atoms with van der Waals surface area (Å²) in [7, 11) is 0. The van der Waals surface area contributed by atoms with Gasteiger partial charge in [0.25, 0.3) is 0 Å². The van der Waals surface area contributed by atoms with E-state index >= 15 is 0 Å². The molecule has 17 heavy (non-hydrogen) atoms. The summed E-state index contributed by atoms with van der Waals surface area (Å²) in [6, 6.07) is 11.4. The molecule has 2 rings (SSSR count). The third-order valence-corrected chi connectivity index (χ3v) is 3.75. The minimum atomic E-state index is 0.0554. The monoisotopic (exact) mass is 264 g/mol. The Kier molecular flexibility index (Phi) is 3.97. The summed E-state index contributed by atoms with van der Waals surface area (Å²) < 4.78 is 0.651. The second kappa shape index (κ2) is 5.48. The topological polar surface area (TPSA) is 17.1 Å². The Balaban J connectivity index is 2.27. The van der Waals surface area contributed by atoms with Crippen LogP contribution in [0.2, 0.25) is 4.34 Å². The number of aryl methyl sites for hydroxylation is 1. The fraction of sp³-hybridized carbons (Fsp3) is 0.214. The Morgan fingerprint density at radius 2 is 2.12 bits per heavy atom. The molecule has 1 heterocycles. The van der Waals surface area contributed by atoms with Crippen LogP contribution in [0.1, 0.15) is 34.1 Å². The van der Waals surface area contributed by atoms with Crippen LogP contribution in [0.3, 0.4) is 0 Å². The highest BCUT2D eigenvalue weighted by atomic mass is 35.5. The lowest BCUT2D eigenvalue weighted by Crippen LogP contribution is -1.99. The van der Waals surface area contributed by atoms with Gasteiger partial charge in [-0.15, -0.1) is 11.3 Å². The third-order valence-electron chi connectivity index (χ3n) is 2.52. The van der Waals surface area contributed by atoms with Crippen molar-refractivity contribution in [1.29, 1.82) is 0 Å². The quantitative estimate of drug-likeness (QED) is 0.739. The van der Waals surface area contributed by atoms with E-state index in [0.29, 0.717) is 9.21 Å². The molecule has 1 nitrogen and oxygen atoms in total. The summed E-state index contributed by atoms with van der Waals surface area (Å²) in [6.45, 7) is 2.13. The van der Waals surface area contributed by atoms with Crippen LogP contribution in [0.15, 0.2) is 36.4 Å². The van der Waals surface area contributed by atoms with Gasteiger partial charge < -0.3 is 0 Å². The summed E-state index contributed by atoms with van der Waals surface area (Å²) in [4.78, 5) is 12.9. The second-order valence-corrected chi connectivity index (χ2v) is 5.60. The van der Waals surface area contributed by atoms with Gasteiger partial charge in [-0.05, 0) is 30.2 Å². The number of thiophene rings is 1. The van der Waals surface area contributed by atoms with Crippen LogP contribution in [0, 0.1) is 0 Å². The molecule has 0 aliphatic heterocycles. The van der Waals surface area contributed by atoms with Gasteiger partial charge >= 0.3 is 0 Å². The zero-order valence-corrected chi connectivity index (χ0v) is 11.1. The zero-order chi connectivity index (χ0) is 12.3. The highest BCUT2D eigenvalue weighted by molar-refractivity contribution is 7.18. The van der Waals surface area contributed by atoms with Crippen LogP contribution in [0.5, 0.6) is 0 Å². The Bertz CT molecular complexity index is 531. The molecule has 0 amide bonds. The van der Waals surface area contributed by atoms with E-state index in [-0.39, 0.29) is 5.78 Å². The van der Waals surface area contributed by atoms with Crippen molar-refractivity contribution in [3.63, 3.8) is 0 Å². The number of halogens is 1. The molecule has 0 saturated carbocycles. The van der Waals surface area contributed by atoms with Crippen LogP contribution in [-0.4, -0.2) is 5.78 Å². The number of carbonyl (C=O) groups excluding carboxylic acids is 1. The van der Waals surface area contributed by atoms with E-state index in [9.17, 15) is 4.79 Å². The van der Waals surface area contributed by atoms with E-state index in [2.05, 4.69) is 13.0 Å². The fourth-order valence-corrected chi connectivity index (χ4v) is 2.74. The minimum absolute atomic E-state index is 0.0554. The van der Waals surface area contributed by atoms with Gasteiger partial charge in [0.05, 0.1) is 9.21 Å². The van der Waals surface area contributed by atoms with Crippen LogP contribution in [0.25, 0.3) is 0 Å². The lowest BCUT2D eigenvalue weighted by molar-refractivity contribution is 0.104. The molecule has 0 atom stereocenters. The van der Waals surface area contributed by atoms with Gasteiger partial charge in [-0.2, -0.15) is 0 Å². The van der Waals surface area contributed by atoms with Crippen molar-refractivity contribution in [1.82, 2.24) is 0 Å². The molecular weight excluding hydrogens is 252 g/mol. The molecule has 1 aromatic carbocycles. The number of benzene rings is 1. The number of rotatable bonds is 4. The van der Waals surface area contributed by atoms with Crippen molar-refractivity contribution < 1.29 is 4.79 Å². The highest BCUT2D eigenvalue weighted by Crippen LogP contribution is 2.24. The summed E-state index contributed by atoms with van der Waals surface area (Å²) in [5.74, 6) is 0.0554. The smallest absolute Gasteiger partial charge is 0.203 e. The van der Waals surface area contributed by atoms with E-state index < -0.39 is 0 Å². The molecule has 0 saturated heterocycles. The van der Waals surface area contributed by atoms with Crippen molar-refractivity contribution >= 4 is 28.7 Å². The van der Waals surface area contributed by atoms with Gasteiger partial charge in [0.15, 0.2) is 0 Å². The molecule has 0 N–H and O–H groups in total. The molecule has 0 aliphatic rings. The van der Waals surface area contributed by atoms with Crippen molar-refractivity contribution in [3.05, 3.63) is 56.7 Å². The Morgan fingerprint density at radius 3 is 2.76 bits per heavy atom. The summed E-state index contributed by atoms with van der Waals surface area (Å²) in [5.41, 5.74) is 1.95. The van der Waals surface area contributed by atoms with E-state index in [0.717, 1.165) is 18.4 Å². The first-order valence-corrected chi connectivity index (χ1v) is 6.79. The molecule has 0 fully saturated rings. The number of hydrogen-bond acceptors (Lipinski definition) is 2. The van der Waals surface area contributed by atoms with Crippen LogP contribution >= 0.6 is 22.9 Å². The molecule has 0 bridgehead atoms. The van der Waals surface area contributed by atoms with Crippen molar-refractivity contribution in [2.75, 3.05) is 0 Å². The second-order valence-electron chi connectivity index (χ2n) is 3.88. The average molecular weight is 265 g/mol. The average Bonchev–Trinajstić information content (AvgIpc) is 2.76. The molecular formula is C14H13ClOS. The van der Waals surface area contributed by atoms with Gasteiger partial charge in [-0.1, -0.05) is 43.1 Å². The maximum atomic E-state index is 12.2. The van der Waals surface area contributed by atoms with E-state index in [4.69, 9.17) is 11.6 Å². The van der Waals surface area contributed by atoms with Gasteiger partial charge in [0, 0.05) is 5.56 Å².